The first-order chi connectivity index (χ1) is 5.86. The van der Waals surface area contributed by atoms with E-state index >= 15 is 0 Å². The van der Waals surface area contributed by atoms with Crippen molar-refractivity contribution in [3.63, 3.8) is 0 Å². The van der Waals surface area contributed by atoms with Gasteiger partial charge in [-0.05, 0) is 55.8 Å². The van der Waals surface area contributed by atoms with Crippen LogP contribution in [-0.2, 0) is 4.89 Å². The molecule has 0 heterocycles. The van der Waals surface area contributed by atoms with Crippen LogP contribution in [0.5, 0.6) is 0 Å². The van der Waals surface area contributed by atoms with Gasteiger partial charge in [0.25, 0.3) is 0 Å². The van der Waals surface area contributed by atoms with Crippen molar-refractivity contribution in [2.24, 2.45) is 23.7 Å². The maximum absolute atomic E-state index is 8.80. The van der Waals surface area contributed by atoms with Crippen molar-refractivity contribution in [1.82, 2.24) is 0 Å². The number of rotatable bonds is 1. The van der Waals surface area contributed by atoms with E-state index in [2.05, 4.69) is 4.89 Å². The summed E-state index contributed by atoms with van der Waals surface area (Å²) in [5, 5.41) is 8.80. The van der Waals surface area contributed by atoms with Crippen molar-refractivity contribution < 1.29 is 10.1 Å². The summed E-state index contributed by atoms with van der Waals surface area (Å²) in [6, 6.07) is 0. The Morgan fingerprint density at radius 1 is 0.833 bits per heavy atom. The number of hydrogen-bond donors (Lipinski definition) is 1. The summed E-state index contributed by atoms with van der Waals surface area (Å²) < 4.78 is 0. The van der Waals surface area contributed by atoms with Crippen LogP contribution in [0.2, 0.25) is 0 Å². The van der Waals surface area contributed by atoms with Gasteiger partial charge in [0.2, 0.25) is 0 Å². The summed E-state index contributed by atoms with van der Waals surface area (Å²) in [4.78, 5) is 4.63. The van der Waals surface area contributed by atoms with Gasteiger partial charge in [-0.2, -0.15) is 0 Å². The second-order valence-electron chi connectivity index (χ2n) is 5.00. The third-order valence-corrected chi connectivity index (χ3v) is 4.26. The van der Waals surface area contributed by atoms with Crippen molar-refractivity contribution in [3.8, 4) is 0 Å². The molecule has 4 bridgehead atoms. The van der Waals surface area contributed by atoms with E-state index in [4.69, 9.17) is 5.26 Å². The molecule has 2 heteroatoms. The van der Waals surface area contributed by atoms with Gasteiger partial charge in [-0.1, -0.05) is 0 Å². The lowest BCUT2D eigenvalue weighted by molar-refractivity contribution is -0.323. The highest BCUT2D eigenvalue weighted by Crippen LogP contribution is 2.54. The zero-order valence-corrected chi connectivity index (χ0v) is 7.28. The molecule has 12 heavy (non-hydrogen) atoms. The van der Waals surface area contributed by atoms with E-state index in [1.807, 2.05) is 0 Å². The summed E-state index contributed by atoms with van der Waals surface area (Å²) in [7, 11) is 0. The third kappa shape index (κ3) is 0.882. The van der Waals surface area contributed by atoms with Crippen molar-refractivity contribution in [1.29, 1.82) is 0 Å². The molecule has 0 radical (unpaired) electrons. The lowest BCUT2D eigenvalue weighted by atomic mass is 9.55. The average molecular weight is 168 g/mol. The zero-order chi connectivity index (χ0) is 8.13. The van der Waals surface area contributed by atoms with Crippen LogP contribution in [0.1, 0.15) is 32.1 Å². The molecule has 0 aliphatic heterocycles. The van der Waals surface area contributed by atoms with Gasteiger partial charge in [0.1, 0.15) is 0 Å². The summed E-state index contributed by atoms with van der Waals surface area (Å²) in [5.74, 6) is 3.32. The molecule has 4 saturated carbocycles. The van der Waals surface area contributed by atoms with Gasteiger partial charge in [-0.3, -0.25) is 5.26 Å². The molecule has 4 aliphatic carbocycles. The van der Waals surface area contributed by atoms with Gasteiger partial charge in [-0.25, -0.2) is 4.89 Å². The van der Waals surface area contributed by atoms with E-state index < -0.39 is 0 Å². The third-order valence-electron chi connectivity index (χ3n) is 4.26. The Kier molecular flexibility index (Phi) is 1.50. The molecular formula is C10H16O2. The second-order valence-corrected chi connectivity index (χ2v) is 5.00. The molecule has 0 aromatic heterocycles. The van der Waals surface area contributed by atoms with E-state index in [-0.39, 0.29) is 6.10 Å². The molecule has 0 aromatic rings. The fraction of sp³-hybridized carbons (Fsp3) is 1.00. The minimum atomic E-state index is 0.192. The van der Waals surface area contributed by atoms with Crippen LogP contribution in [0.15, 0.2) is 0 Å². The monoisotopic (exact) mass is 168 g/mol. The van der Waals surface area contributed by atoms with Crippen molar-refractivity contribution in [2.45, 2.75) is 38.2 Å². The summed E-state index contributed by atoms with van der Waals surface area (Å²) in [6.45, 7) is 0. The molecule has 0 saturated heterocycles. The van der Waals surface area contributed by atoms with Gasteiger partial charge in [0.15, 0.2) is 0 Å². The molecule has 0 unspecified atom stereocenters. The Balaban J connectivity index is 1.86. The van der Waals surface area contributed by atoms with E-state index in [0.29, 0.717) is 11.8 Å². The summed E-state index contributed by atoms with van der Waals surface area (Å²) >= 11 is 0. The lowest BCUT2D eigenvalue weighted by Gasteiger charge is -2.52. The molecule has 1 N–H and O–H groups in total. The highest BCUT2D eigenvalue weighted by Gasteiger charge is 2.49. The Morgan fingerprint density at radius 2 is 1.33 bits per heavy atom. The molecule has 4 aliphatic rings. The average Bonchev–Trinajstić information content (AvgIpc) is 2.02. The van der Waals surface area contributed by atoms with E-state index in [1.54, 1.807) is 0 Å². The molecule has 0 amide bonds. The Hall–Kier alpha value is -0.0800. The highest BCUT2D eigenvalue weighted by molar-refractivity contribution is 4.98. The molecule has 4 fully saturated rings. The van der Waals surface area contributed by atoms with Crippen LogP contribution in [0, 0.1) is 23.7 Å². The van der Waals surface area contributed by atoms with Crippen LogP contribution in [-0.4, -0.2) is 11.4 Å². The Labute approximate surface area is 72.8 Å². The van der Waals surface area contributed by atoms with Crippen LogP contribution >= 0.6 is 0 Å². The quantitative estimate of drug-likeness (QED) is 0.481. The maximum Gasteiger partial charge on any atom is 0.0983 e. The lowest BCUT2D eigenvalue weighted by Crippen LogP contribution is -2.49. The second kappa shape index (κ2) is 2.46. The van der Waals surface area contributed by atoms with Gasteiger partial charge >= 0.3 is 0 Å². The molecule has 2 nitrogen and oxygen atoms in total. The summed E-state index contributed by atoms with van der Waals surface area (Å²) in [6.07, 6.45) is 6.93. The minimum Gasteiger partial charge on any atom is -0.252 e. The fourth-order valence-electron chi connectivity index (χ4n) is 4.05. The maximum atomic E-state index is 8.80. The topological polar surface area (TPSA) is 29.5 Å². The SMILES string of the molecule is OOC1C2CC3CC(C2)CC1C3. The molecule has 0 aromatic carbocycles. The first-order valence-electron chi connectivity index (χ1n) is 5.17. The van der Waals surface area contributed by atoms with Gasteiger partial charge in [0, 0.05) is 0 Å². The van der Waals surface area contributed by atoms with Gasteiger partial charge < -0.3 is 0 Å². The molecule has 0 atom stereocenters. The molecule has 68 valence electrons. The molecule has 0 spiro atoms. The van der Waals surface area contributed by atoms with E-state index in [1.165, 1.54) is 32.1 Å². The smallest absolute Gasteiger partial charge is 0.0983 e. The van der Waals surface area contributed by atoms with Gasteiger partial charge in [-0.15, -0.1) is 0 Å². The molecular weight excluding hydrogens is 152 g/mol. The zero-order valence-electron chi connectivity index (χ0n) is 7.28. The van der Waals surface area contributed by atoms with Crippen LogP contribution in [0.3, 0.4) is 0 Å². The van der Waals surface area contributed by atoms with Crippen molar-refractivity contribution in [2.75, 3.05) is 0 Å². The predicted molar refractivity (Wildman–Crippen MR) is 44.5 cm³/mol. The largest absolute Gasteiger partial charge is 0.252 e. The minimum absolute atomic E-state index is 0.192. The van der Waals surface area contributed by atoms with Crippen LogP contribution < -0.4 is 0 Å². The highest BCUT2D eigenvalue weighted by atomic mass is 17.1. The van der Waals surface area contributed by atoms with Crippen molar-refractivity contribution in [3.05, 3.63) is 0 Å². The Bertz CT molecular complexity index is 162. The van der Waals surface area contributed by atoms with Crippen LogP contribution in [0.25, 0.3) is 0 Å². The Morgan fingerprint density at radius 3 is 1.75 bits per heavy atom. The summed E-state index contributed by atoms with van der Waals surface area (Å²) in [5.41, 5.74) is 0. The first-order valence-corrected chi connectivity index (χ1v) is 5.17. The standard InChI is InChI=1S/C10H16O2/c11-12-10-8-2-6-1-7(4-8)5-9(10)3-6/h6-11H,1-5H2. The first kappa shape index (κ1) is 7.34. The normalized spacial score (nSPS) is 56.2. The van der Waals surface area contributed by atoms with Crippen molar-refractivity contribution >= 4 is 0 Å². The molecule has 4 rings (SSSR count). The number of hydrogen-bond acceptors (Lipinski definition) is 2. The fourth-order valence-corrected chi connectivity index (χ4v) is 4.05. The van der Waals surface area contributed by atoms with Crippen LogP contribution in [0.4, 0.5) is 0 Å². The van der Waals surface area contributed by atoms with E-state index in [0.717, 1.165) is 11.8 Å². The van der Waals surface area contributed by atoms with Gasteiger partial charge in [0.05, 0.1) is 6.10 Å². The predicted octanol–water partition coefficient (Wildman–Crippen LogP) is 2.30. The van der Waals surface area contributed by atoms with E-state index in [9.17, 15) is 0 Å².